The number of hydrogen-bond donors (Lipinski definition) is 0. The van der Waals surface area contributed by atoms with Crippen LogP contribution in [0.15, 0.2) is 36.5 Å². The van der Waals surface area contributed by atoms with Gasteiger partial charge in [0.1, 0.15) is 5.75 Å². The third-order valence-corrected chi connectivity index (χ3v) is 4.89. The van der Waals surface area contributed by atoms with Crippen LogP contribution in [-0.4, -0.2) is 55.3 Å². The maximum Gasteiger partial charge on any atom is 0.255 e. The molecule has 6 heteroatoms. The number of carbonyl (C=O) groups is 1. The molecule has 2 heterocycles. The number of benzene rings is 1. The van der Waals surface area contributed by atoms with Crippen LogP contribution >= 0.6 is 0 Å². The van der Waals surface area contributed by atoms with Gasteiger partial charge >= 0.3 is 0 Å². The monoisotopic (exact) mass is 354 g/mol. The zero-order valence-corrected chi connectivity index (χ0v) is 15.7. The maximum absolute atomic E-state index is 13.0. The molecule has 1 saturated heterocycles. The molecule has 1 amide bonds. The molecule has 0 N–H and O–H groups in total. The van der Waals surface area contributed by atoms with Crippen molar-refractivity contribution in [2.24, 2.45) is 0 Å². The fourth-order valence-electron chi connectivity index (χ4n) is 3.35. The Balaban J connectivity index is 1.78. The molecule has 1 atom stereocenters. The van der Waals surface area contributed by atoms with Crippen molar-refractivity contribution in [1.82, 2.24) is 15.1 Å². The normalized spacial score (nSPS) is 17.5. The Kier molecular flexibility index (Phi) is 5.71. The second-order valence-corrected chi connectivity index (χ2v) is 6.91. The molecule has 1 aliphatic heterocycles. The highest BCUT2D eigenvalue weighted by Gasteiger charge is 2.24. The highest BCUT2D eigenvalue weighted by Crippen LogP contribution is 2.28. The number of anilines is 1. The van der Waals surface area contributed by atoms with E-state index in [1.807, 2.05) is 42.1 Å². The van der Waals surface area contributed by atoms with E-state index in [4.69, 9.17) is 4.74 Å². The zero-order chi connectivity index (χ0) is 18.5. The number of nitrogens with zero attached hydrogens (tertiary/aromatic N) is 4. The van der Waals surface area contributed by atoms with E-state index >= 15 is 0 Å². The molecule has 2 aromatic rings. The van der Waals surface area contributed by atoms with Gasteiger partial charge in [0.25, 0.3) is 5.91 Å². The number of methoxy groups -OCH3 is 1. The van der Waals surface area contributed by atoms with Gasteiger partial charge < -0.3 is 14.5 Å². The molecule has 1 fully saturated rings. The summed E-state index contributed by atoms with van der Waals surface area (Å²) in [5.74, 6) is 1.92. The van der Waals surface area contributed by atoms with E-state index in [0.29, 0.717) is 17.3 Å². The molecular weight excluding hydrogens is 328 g/mol. The fourth-order valence-corrected chi connectivity index (χ4v) is 3.35. The van der Waals surface area contributed by atoms with Crippen LogP contribution in [0.1, 0.15) is 41.1 Å². The van der Waals surface area contributed by atoms with Crippen molar-refractivity contribution in [3.05, 3.63) is 47.7 Å². The zero-order valence-electron chi connectivity index (χ0n) is 15.7. The first-order chi connectivity index (χ1) is 12.6. The van der Waals surface area contributed by atoms with Crippen molar-refractivity contribution in [3.63, 3.8) is 0 Å². The van der Waals surface area contributed by atoms with Crippen molar-refractivity contribution >= 4 is 11.7 Å². The van der Waals surface area contributed by atoms with Crippen LogP contribution in [0.5, 0.6) is 5.75 Å². The molecule has 0 radical (unpaired) electrons. The van der Waals surface area contributed by atoms with E-state index in [1.54, 1.807) is 13.3 Å². The Morgan fingerprint density at radius 1 is 1.23 bits per heavy atom. The van der Waals surface area contributed by atoms with Crippen LogP contribution in [0.2, 0.25) is 0 Å². The molecule has 26 heavy (non-hydrogen) atoms. The van der Waals surface area contributed by atoms with E-state index in [-0.39, 0.29) is 5.91 Å². The lowest BCUT2D eigenvalue weighted by atomic mass is 9.94. The van der Waals surface area contributed by atoms with Crippen LogP contribution in [0.25, 0.3) is 0 Å². The summed E-state index contributed by atoms with van der Waals surface area (Å²) in [5, 5.41) is 8.05. The number of hydrogen-bond acceptors (Lipinski definition) is 5. The molecule has 0 saturated carbocycles. The third kappa shape index (κ3) is 4.12. The van der Waals surface area contributed by atoms with Gasteiger partial charge in [0.15, 0.2) is 5.82 Å². The molecule has 1 aromatic carbocycles. The lowest BCUT2D eigenvalue weighted by molar-refractivity contribution is 0.0754. The van der Waals surface area contributed by atoms with Crippen molar-refractivity contribution < 1.29 is 9.53 Å². The Morgan fingerprint density at radius 3 is 2.69 bits per heavy atom. The highest BCUT2D eigenvalue weighted by atomic mass is 16.5. The topological polar surface area (TPSA) is 58.6 Å². The number of ether oxygens (including phenoxy) is 1. The lowest BCUT2D eigenvalue weighted by Gasteiger charge is -2.25. The van der Waals surface area contributed by atoms with Crippen molar-refractivity contribution in [3.8, 4) is 5.75 Å². The predicted octanol–water partition coefficient (Wildman–Crippen LogP) is 2.96. The molecule has 1 aromatic heterocycles. The second kappa shape index (κ2) is 8.17. The van der Waals surface area contributed by atoms with Crippen molar-refractivity contribution in [2.45, 2.75) is 25.2 Å². The standard InChI is InChI=1S/C20H26N4O2/c1-23(2)19-12-17(13-21-22-19)20(25)24-11-5-4-6-16(14-24)15-7-9-18(26-3)10-8-15/h7-10,12-13,16H,4-6,11,14H2,1-3H3. The summed E-state index contributed by atoms with van der Waals surface area (Å²) in [6.45, 7) is 1.51. The number of rotatable bonds is 4. The summed E-state index contributed by atoms with van der Waals surface area (Å²) >= 11 is 0. The van der Waals surface area contributed by atoms with Gasteiger partial charge in [-0.05, 0) is 36.6 Å². The van der Waals surface area contributed by atoms with Crippen LogP contribution in [0.3, 0.4) is 0 Å². The Labute approximate surface area is 154 Å². The van der Waals surface area contributed by atoms with E-state index in [1.165, 1.54) is 5.56 Å². The molecule has 138 valence electrons. The minimum absolute atomic E-state index is 0.0309. The first-order valence-corrected chi connectivity index (χ1v) is 9.01. The molecule has 3 rings (SSSR count). The van der Waals surface area contributed by atoms with Gasteiger partial charge in [0.05, 0.1) is 18.9 Å². The summed E-state index contributed by atoms with van der Waals surface area (Å²) < 4.78 is 5.25. The lowest BCUT2D eigenvalue weighted by Crippen LogP contribution is -2.34. The SMILES string of the molecule is COc1ccc(C2CCCCN(C(=O)c3cnnc(N(C)C)c3)C2)cc1. The second-order valence-electron chi connectivity index (χ2n) is 6.91. The van der Waals surface area contributed by atoms with E-state index in [2.05, 4.69) is 22.3 Å². The number of carbonyl (C=O) groups excluding carboxylic acids is 1. The van der Waals surface area contributed by atoms with E-state index < -0.39 is 0 Å². The quantitative estimate of drug-likeness (QED) is 0.845. The van der Waals surface area contributed by atoms with Crippen molar-refractivity contribution in [1.29, 1.82) is 0 Å². The molecule has 0 aliphatic carbocycles. The Hall–Kier alpha value is -2.63. The fraction of sp³-hybridized carbons (Fsp3) is 0.450. The van der Waals surface area contributed by atoms with Crippen LogP contribution in [0, 0.1) is 0 Å². The Bertz CT molecular complexity index is 746. The summed E-state index contributed by atoms with van der Waals surface area (Å²) in [6.07, 6.45) is 4.80. The summed E-state index contributed by atoms with van der Waals surface area (Å²) in [5.41, 5.74) is 1.85. The van der Waals surface area contributed by atoms with Gasteiger partial charge in [0.2, 0.25) is 0 Å². The number of likely N-dealkylation sites (tertiary alicyclic amines) is 1. The minimum Gasteiger partial charge on any atom is -0.497 e. The van der Waals surface area contributed by atoms with Gasteiger partial charge in [-0.3, -0.25) is 4.79 Å². The van der Waals surface area contributed by atoms with E-state index in [9.17, 15) is 4.79 Å². The molecule has 0 spiro atoms. The minimum atomic E-state index is 0.0309. The van der Waals surface area contributed by atoms with Gasteiger partial charge in [-0.1, -0.05) is 18.6 Å². The van der Waals surface area contributed by atoms with Gasteiger partial charge in [0, 0.05) is 33.1 Å². The van der Waals surface area contributed by atoms with Crippen LogP contribution in [0.4, 0.5) is 5.82 Å². The highest BCUT2D eigenvalue weighted by molar-refractivity contribution is 5.94. The van der Waals surface area contributed by atoms with Crippen molar-refractivity contribution in [2.75, 3.05) is 39.2 Å². The van der Waals surface area contributed by atoms with Crippen LogP contribution < -0.4 is 9.64 Å². The van der Waals surface area contributed by atoms with Gasteiger partial charge in [-0.25, -0.2) is 0 Å². The molecule has 0 bridgehead atoms. The smallest absolute Gasteiger partial charge is 0.255 e. The summed E-state index contributed by atoms with van der Waals surface area (Å²) in [6, 6.07) is 10.00. The summed E-state index contributed by atoms with van der Waals surface area (Å²) in [4.78, 5) is 16.8. The molecular formula is C20H26N4O2. The van der Waals surface area contributed by atoms with Gasteiger partial charge in [-0.2, -0.15) is 5.10 Å². The first-order valence-electron chi connectivity index (χ1n) is 9.01. The molecule has 1 unspecified atom stereocenters. The van der Waals surface area contributed by atoms with E-state index in [0.717, 1.165) is 38.1 Å². The largest absolute Gasteiger partial charge is 0.497 e. The molecule has 1 aliphatic rings. The third-order valence-electron chi connectivity index (χ3n) is 4.89. The maximum atomic E-state index is 13.0. The first kappa shape index (κ1) is 18.2. The van der Waals surface area contributed by atoms with Crippen LogP contribution in [-0.2, 0) is 0 Å². The average molecular weight is 354 g/mol. The average Bonchev–Trinajstić information content (AvgIpc) is 2.94. The summed E-state index contributed by atoms with van der Waals surface area (Å²) in [7, 11) is 5.46. The predicted molar refractivity (Wildman–Crippen MR) is 102 cm³/mol. The van der Waals surface area contributed by atoms with Gasteiger partial charge in [-0.15, -0.1) is 5.10 Å². The number of aromatic nitrogens is 2. The Morgan fingerprint density at radius 2 is 2.00 bits per heavy atom. The molecule has 6 nitrogen and oxygen atoms in total. The number of amides is 1.